The van der Waals surface area contributed by atoms with Crippen LogP contribution in [0.2, 0.25) is 0 Å². The summed E-state index contributed by atoms with van der Waals surface area (Å²) in [5.74, 6) is 0.0288. The summed E-state index contributed by atoms with van der Waals surface area (Å²) in [6, 6.07) is 86.8. The summed E-state index contributed by atoms with van der Waals surface area (Å²) in [6.07, 6.45) is 0. The Labute approximate surface area is 497 Å². The van der Waals surface area contributed by atoms with Gasteiger partial charge in [0.1, 0.15) is 0 Å². The normalized spacial score (nSPS) is 13.2. The first-order valence-electron chi connectivity index (χ1n) is 29.8. The zero-order chi connectivity index (χ0) is 57.9. The monoisotopic (exact) mass is 1080 g/mol. The Balaban J connectivity index is 1.15. The molecule has 11 aromatic rings. The van der Waals surface area contributed by atoms with Gasteiger partial charge >= 0.3 is 0 Å². The number of hydrogen-bond donors (Lipinski definition) is 0. The van der Waals surface area contributed by atoms with E-state index in [1.165, 1.54) is 100.0 Å². The highest BCUT2D eigenvalue weighted by molar-refractivity contribution is 7.00. The van der Waals surface area contributed by atoms with Crippen molar-refractivity contribution >= 4 is 57.2 Å². The molecule has 3 nitrogen and oxygen atoms in total. The predicted octanol–water partition coefficient (Wildman–Crippen LogP) is 19.3. The molecule has 14 rings (SSSR count). The molecule has 0 amide bonds. The molecule has 0 bridgehead atoms. The minimum Gasteiger partial charge on any atom is -0.311 e. The lowest BCUT2D eigenvalue weighted by molar-refractivity contribution is 0.590. The minimum absolute atomic E-state index is 0.0288. The molecule has 0 unspecified atom stereocenters. The van der Waals surface area contributed by atoms with Gasteiger partial charge in [-0.2, -0.15) is 5.26 Å². The fraction of sp³-hybridized carbons (Fsp3) is 0.163. The summed E-state index contributed by atoms with van der Waals surface area (Å²) in [7, 11) is 0. The van der Waals surface area contributed by atoms with Crippen molar-refractivity contribution in [2.45, 2.75) is 86.0 Å². The van der Waals surface area contributed by atoms with E-state index in [0.717, 1.165) is 56.3 Å². The first-order valence-corrected chi connectivity index (χ1v) is 29.8. The number of hydrogen-bond acceptors (Lipinski definition) is 3. The fourth-order valence-corrected chi connectivity index (χ4v) is 14.2. The number of benzene rings is 11. The molecular weight excluding hydrogens is 1010 g/mol. The Morgan fingerprint density at radius 3 is 1.40 bits per heavy atom. The zero-order valence-corrected chi connectivity index (χ0v) is 49.9. The van der Waals surface area contributed by atoms with Gasteiger partial charge in [0.2, 0.25) is 0 Å². The van der Waals surface area contributed by atoms with E-state index in [9.17, 15) is 5.26 Å². The van der Waals surface area contributed by atoms with Crippen LogP contribution in [0.25, 0.3) is 55.6 Å². The Morgan fingerprint density at radius 1 is 0.381 bits per heavy atom. The second-order valence-corrected chi connectivity index (χ2v) is 25.9. The van der Waals surface area contributed by atoms with Crippen molar-refractivity contribution in [3.05, 3.63) is 280 Å². The van der Waals surface area contributed by atoms with E-state index < -0.39 is 0 Å². The topological polar surface area (TPSA) is 30.3 Å². The molecule has 4 heteroatoms. The SMILES string of the molecule is Cc1cc(C)c2c(c1)-c1cc(C)cc(C)c1C2c1ccc2c(c1)N(c1ccc(C(C)(C)C)cc1-c1ccccc1)c1cc(C(C)(C)C)cc3c1B2c1cc(-c2ccccc2)ccc1N3c1c(-c2ccccc2)cc(C#N)cc1-c1ccccc1. The summed E-state index contributed by atoms with van der Waals surface area (Å²) in [6.45, 7) is 23.0. The maximum atomic E-state index is 10.9. The van der Waals surface area contributed by atoms with Crippen molar-refractivity contribution in [3.8, 4) is 61.7 Å². The zero-order valence-electron chi connectivity index (χ0n) is 49.9. The van der Waals surface area contributed by atoms with Gasteiger partial charge in [-0.05, 0) is 181 Å². The van der Waals surface area contributed by atoms with Crippen molar-refractivity contribution in [2.24, 2.45) is 0 Å². The van der Waals surface area contributed by atoms with E-state index in [0.29, 0.717) is 5.56 Å². The van der Waals surface area contributed by atoms with E-state index in [2.05, 4.69) is 310 Å². The average Bonchev–Trinajstić information content (AvgIpc) is 0.864. The number of aryl methyl sites for hydroxylation is 4. The number of rotatable bonds is 7. The quantitative estimate of drug-likeness (QED) is 0.149. The maximum absolute atomic E-state index is 10.9. The highest BCUT2D eigenvalue weighted by Crippen LogP contribution is 2.55. The molecule has 84 heavy (non-hydrogen) atoms. The molecule has 11 aromatic carbocycles. The molecule has 0 radical (unpaired) electrons. The van der Waals surface area contributed by atoms with Crippen LogP contribution in [0.5, 0.6) is 0 Å². The Kier molecular flexibility index (Phi) is 12.5. The minimum atomic E-state index is -0.270. The molecule has 2 aliphatic heterocycles. The van der Waals surface area contributed by atoms with Gasteiger partial charge in [0.15, 0.2) is 0 Å². The molecule has 0 saturated heterocycles. The largest absolute Gasteiger partial charge is 0.311 e. The van der Waals surface area contributed by atoms with Crippen LogP contribution in [-0.2, 0) is 10.8 Å². The Hall–Kier alpha value is -9.43. The summed E-state index contributed by atoms with van der Waals surface area (Å²) < 4.78 is 0. The first-order chi connectivity index (χ1) is 40.5. The van der Waals surface area contributed by atoms with Gasteiger partial charge in [0, 0.05) is 45.4 Å². The van der Waals surface area contributed by atoms with Crippen molar-refractivity contribution < 1.29 is 0 Å². The van der Waals surface area contributed by atoms with Crippen LogP contribution in [0.15, 0.2) is 224 Å². The summed E-state index contributed by atoms with van der Waals surface area (Å²) >= 11 is 0. The van der Waals surface area contributed by atoms with Gasteiger partial charge in [0.25, 0.3) is 6.71 Å². The average molecular weight is 1080 g/mol. The lowest BCUT2D eigenvalue weighted by Crippen LogP contribution is -2.61. The van der Waals surface area contributed by atoms with E-state index in [-0.39, 0.29) is 23.5 Å². The van der Waals surface area contributed by atoms with Crippen molar-refractivity contribution in [1.82, 2.24) is 0 Å². The second kappa shape index (κ2) is 19.9. The maximum Gasteiger partial charge on any atom is 0.252 e. The molecule has 2 heterocycles. The van der Waals surface area contributed by atoms with Crippen LogP contribution in [0.3, 0.4) is 0 Å². The van der Waals surface area contributed by atoms with Crippen LogP contribution >= 0.6 is 0 Å². The lowest BCUT2D eigenvalue weighted by atomic mass is 9.33. The predicted molar refractivity (Wildman–Crippen MR) is 356 cm³/mol. The van der Waals surface area contributed by atoms with Gasteiger partial charge in [-0.25, -0.2) is 0 Å². The molecule has 0 fully saturated rings. The van der Waals surface area contributed by atoms with Gasteiger partial charge < -0.3 is 9.80 Å². The third-order valence-electron chi connectivity index (χ3n) is 18.1. The molecule has 0 saturated carbocycles. The van der Waals surface area contributed by atoms with Crippen LogP contribution in [0.4, 0.5) is 34.1 Å². The Morgan fingerprint density at radius 2 is 0.881 bits per heavy atom. The molecule has 0 N–H and O–H groups in total. The summed E-state index contributed by atoms with van der Waals surface area (Å²) in [4.78, 5) is 5.25. The molecule has 0 aromatic heterocycles. The van der Waals surface area contributed by atoms with Crippen LogP contribution in [0, 0.1) is 39.0 Å². The lowest BCUT2D eigenvalue weighted by Gasteiger charge is -2.46. The molecule has 406 valence electrons. The smallest absolute Gasteiger partial charge is 0.252 e. The number of anilines is 6. The van der Waals surface area contributed by atoms with Gasteiger partial charge in [-0.1, -0.05) is 229 Å². The van der Waals surface area contributed by atoms with Crippen molar-refractivity contribution in [1.29, 1.82) is 5.26 Å². The van der Waals surface area contributed by atoms with E-state index in [1.54, 1.807) is 0 Å². The molecule has 0 atom stereocenters. The fourth-order valence-electron chi connectivity index (χ4n) is 14.2. The molecule has 0 spiro atoms. The van der Waals surface area contributed by atoms with Gasteiger partial charge in [-0.3, -0.25) is 0 Å². The van der Waals surface area contributed by atoms with Crippen molar-refractivity contribution in [3.63, 3.8) is 0 Å². The third kappa shape index (κ3) is 8.63. The van der Waals surface area contributed by atoms with Gasteiger partial charge in [-0.15, -0.1) is 0 Å². The molecule has 3 aliphatic rings. The highest BCUT2D eigenvalue weighted by Gasteiger charge is 2.46. The summed E-state index contributed by atoms with van der Waals surface area (Å²) in [5.41, 5.74) is 34.0. The molecular formula is C80H68BN3. The van der Waals surface area contributed by atoms with Crippen LogP contribution < -0.4 is 26.2 Å². The van der Waals surface area contributed by atoms with E-state index in [1.807, 2.05) is 0 Å². The van der Waals surface area contributed by atoms with Crippen LogP contribution in [-0.4, -0.2) is 6.71 Å². The van der Waals surface area contributed by atoms with Crippen molar-refractivity contribution in [2.75, 3.05) is 9.80 Å². The summed E-state index contributed by atoms with van der Waals surface area (Å²) in [5, 5.41) is 10.9. The molecule has 1 aliphatic carbocycles. The highest BCUT2D eigenvalue weighted by atomic mass is 15.2. The second-order valence-electron chi connectivity index (χ2n) is 25.9. The standard InChI is InChI=1S/C80H68BN3/c1-49-37-51(3)74-65(39-49)66-40-50(2)38-52(4)75(66)76(74)59-31-34-67-71(44-59)83(69-36-33-60(79(5,6)7)45-62(69)55-25-17-12-18-26-55)72-46-61(80(8,9)10)47-73-77(72)81(67)68-43-58(54-23-15-11-16-24-54)32-35-70(68)84(73)78-63(56-27-19-13-20-28-56)41-53(48-82)42-64(78)57-29-21-14-22-30-57/h11-47,76H,1-10H3. The van der Waals surface area contributed by atoms with Crippen LogP contribution in [0.1, 0.15) is 103 Å². The Bertz CT molecular complexity index is 4380. The van der Waals surface area contributed by atoms with E-state index >= 15 is 0 Å². The number of fused-ring (bicyclic) bond motifs is 7. The third-order valence-corrected chi connectivity index (χ3v) is 18.1. The number of nitriles is 1. The van der Waals surface area contributed by atoms with Gasteiger partial charge in [0.05, 0.1) is 23.0 Å². The number of nitrogens with zero attached hydrogens (tertiary/aromatic N) is 3. The van der Waals surface area contributed by atoms with E-state index in [4.69, 9.17) is 0 Å². The first kappa shape index (κ1) is 52.6.